The number of fused-ring (bicyclic) bond motifs is 1. The van der Waals surface area contributed by atoms with Crippen LogP contribution in [0.3, 0.4) is 0 Å². The molecule has 7 heteroatoms. The molecule has 27 heavy (non-hydrogen) atoms. The van der Waals surface area contributed by atoms with E-state index < -0.39 is 0 Å². The first-order valence-electron chi connectivity index (χ1n) is 8.70. The van der Waals surface area contributed by atoms with Gasteiger partial charge in [0.05, 0.1) is 30.3 Å². The van der Waals surface area contributed by atoms with Gasteiger partial charge in [-0.05, 0) is 24.3 Å². The van der Waals surface area contributed by atoms with Crippen molar-refractivity contribution in [2.45, 2.75) is 6.42 Å². The summed E-state index contributed by atoms with van der Waals surface area (Å²) in [6.45, 7) is 0.952. The van der Waals surface area contributed by atoms with Gasteiger partial charge in [0.1, 0.15) is 24.7 Å². The number of halogens is 1. The van der Waals surface area contributed by atoms with Gasteiger partial charge in [0.2, 0.25) is 11.8 Å². The number of rotatable bonds is 6. The molecular weight excluding hydrogens is 368 g/mol. The van der Waals surface area contributed by atoms with Crippen LogP contribution in [0.1, 0.15) is 6.42 Å². The van der Waals surface area contributed by atoms with Crippen molar-refractivity contribution in [3.63, 3.8) is 0 Å². The summed E-state index contributed by atoms with van der Waals surface area (Å²) in [5, 5.41) is 0.526. The Morgan fingerprint density at radius 3 is 2.78 bits per heavy atom. The monoisotopic (exact) mass is 388 g/mol. The highest BCUT2D eigenvalue weighted by molar-refractivity contribution is 6.32. The van der Waals surface area contributed by atoms with E-state index in [0.717, 1.165) is 0 Å². The molecule has 0 N–H and O–H groups in total. The molecule has 2 aromatic carbocycles. The molecule has 2 aromatic rings. The van der Waals surface area contributed by atoms with E-state index >= 15 is 0 Å². The van der Waals surface area contributed by atoms with E-state index in [4.69, 9.17) is 21.1 Å². The smallest absolute Gasteiger partial charge is 0.242 e. The van der Waals surface area contributed by atoms with Gasteiger partial charge in [0, 0.05) is 7.05 Å². The molecule has 1 aliphatic rings. The lowest BCUT2D eigenvalue weighted by molar-refractivity contribution is -0.130. The number of hydrogen-bond acceptors (Lipinski definition) is 4. The number of amides is 2. The Morgan fingerprint density at radius 2 is 1.96 bits per heavy atom. The van der Waals surface area contributed by atoms with E-state index in [1.165, 1.54) is 4.90 Å². The first kappa shape index (κ1) is 19.0. The highest BCUT2D eigenvalue weighted by Crippen LogP contribution is 2.30. The van der Waals surface area contributed by atoms with Crippen LogP contribution in [-0.2, 0) is 9.59 Å². The van der Waals surface area contributed by atoms with Crippen molar-refractivity contribution in [1.82, 2.24) is 4.90 Å². The Labute approximate surface area is 163 Å². The molecule has 0 aliphatic carbocycles. The number of carbonyl (C=O) groups is 2. The average Bonchev–Trinajstić information content (AvgIpc) is 2.82. The van der Waals surface area contributed by atoms with Crippen molar-refractivity contribution in [1.29, 1.82) is 0 Å². The zero-order valence-corrected chi connectivity index (χ0v) is 15.8. The fraction of sp³-hybridized carbons (Fsp3) is 0.300. The van der Waals surface area contributed by atoms with Gasteiger partial charge in [-0.3, -0.25) is 14.5 Å². The lowest BCUT2D eigenvalue weighted by atomic mass is 10.2. The van der Waals surface area contributed by atoms with Gasteiger partial charge >= 0.3 is 0 Å². The van der Waals surface area contributed by atoms with Gasteiger partial charge < -0.3 is 14.4 Å². The molecular formula is C20H21ClN2O4. The van der Waals surface area contributed by atoms with Gasteiger partial charge in [0.15, 0.2) is 0 Å². The molecule has 1 heterocycles. The summed E-state index contributed by atoms with van der Waals surface area (Å²) in [4.78, 5) is 28.0. The number of ether oxygens (including phenoxy) is 2. The summed E-state index contributed by atoms with van der Waals surface area (Å²) in [7, 11) is 1.68. The van der Waals surface area contributed by atoms with Gasteiger partial charge in [-0.15, -0.1) is 0 Å². The molecule has 1 aliphatic heterocycles. The molecule has 0 bridgehead atoms. The van der Waals surface area contributed by atoms with Gasteiger partial charge in [-0.1, -0.05) is 35.9 Å². The van der Waals surface area contributed by atoms with Crippen molar-refractivity contribution >= 4 is 29.1 Å². The SMILES string of the molecule is CN(CCOc1ccccc1Cl)C(=O)CN1C(=O)CCOc2ccccc21. The van der Waals surface area contributed by atoms with Crippen molar-refractivity contribution in [2.24, 2.45) is 0 Å². The van der Waals surface area contributed by atoms with Crippen LogP contribution in [-0.4, -0.2) is 50.1 Å². The number of carbonyl (C=O) groups excluding carboxylic acids is 2. The van der Waals surface area contributed by atoms with Crippen molar-refractivity contribution < 1.29 is 19.1 Å². The van der Waals surface area contributed by atoms with Crippen LogP contribution in [0.15, 0.2) is 48.5 Å². The summed E-state index contributed by atoms with van der Waals surface area (Å²) >= 11 is 6.05. The fourth-order valence-corrected chi connectivity index (χ4v) is 2.92. The molecule has 142 valence electrons. The van der Waals surface area contributed by atoms with E-state index in [1.807, 2.05) is 24.3 Å². The molecule has 0 aromatic heterocycles. The zero-order chi connectivity index (χ0) is 19.2. The lowest BCUT2D eigenvalue weighted by Gasteiger charge is -2.25. The maximum Gasteiger partial charge on any atom is 0.242 e. The molecule has 0 saturated heterocycles. The first-order valence-corrected chi connectivity index (χ1v) is 9.07. The Hall–Kier alpha value is -2.73. The maximum atomic E-state index is 12.6. The second-order valence-electron chi connectivity index (χ2n) is 6.14. The minimum absolute atomic E-state index is 0.0399. The van der Waals surface area contributed by atoms with E-state index in [0.29, 0.717) is 42.0 Å². The van der Waals surface area contributed by atoms with Crippen molar-refractivity contribution in [2.75, 3.05) is 38.3 Å². The average molecular weight is 389 g/mol. The topological polar surface area (TPSA) is 59.1 Å². The second-order valence-corrected chi connectivity index (χ2v) is 6.55. The molecule has 0 unspecified atom stereocenters. The van der Waals surface area contributed by atoms with E-state index in [9.17, 15) is 9.59 Å². The molecule has 0 fully saturated rings. The summed E-state index contributed by atoms with van der Waals surface area (Å²) in [5.41, 5.74) is 0.620. The first-order chi connectivity index (χ1) is 13.1. The van der Waals surface area contributed by atoms with Crippen molar-refractivity contribution in [3.05, 3.63) is 53.6 Å². The van der Waals surface area contributed by atoms with Gasteiger partial charge in [0.25, 0.3) is 0 Å². The summed E-state index contributed by atoms with van der Waals surface area (Å²) < 4.78 is 11.2. The Balaban J connectivity index is 1.59. The second kappa shape index (κ2) is 8.77. The molecule has 2 amide bonds. The van der Waals surface area contributed by atoms with Crippen molar-refractivity contribution in [3.8, 4) is 11.5 Å². The van der Waals surface area contributed by atoms with Crippen LogP contribution in [0.5, 0.6) is 11.5 Å². The quantitative estimate of drug-likeness (QED) is 0.763. The third-order valence-corrected chi connectivity index (χ3v) is 4.58. The highest BCUT2D eigenvalue weighted by atomic mass is 35.5. The van der Waals surface area contributed by atoms with Crippen LogP contribution < -0.4 is 14.4 Å². The standard InChI is InChI=1S/C20H21ClN2O4/c1-22(11-13-27-17-8-4-2-6-15(17)21)20(25)14-23-16-7-3-5-9-18(16)26-12-10-19(23)24/h2-9H,10-14H2,1H3. The van der Waals surface area contributed by atoms with Crippen LogP contribution in [0, 0.1) is 0 Å². The Bertz CT molecular complexity index is 827. The van der Waals surface area contributed by atoms with Crippen LogP contribution in [0.2, 0.25) is 5.02 Å². The van der Waals surface area contributed by atoms with E-state index in [1.54, 1.807) is 36.2 Å². The van der Waals surface area contributed by atoms with Gasteiger partial charge in [-0.25, -0.2) is 0 Å². The number of likely N-dealkylation sites (N-methyl/N-ethyl adjacent to an activating group) is 1. The fourth-order valence-electron chi connectivity index (χ4n) is 2.73. The number of hydrogen-bond donors (Lipinski definition) is 0. The van der Waals surface area contributed by atoms with Crippen LogP contribution in [0.4, 0.5) is 5.69 Å². The van der Waals surface area contributed by atoms with Crippen LogP contribution in [0.25, 0.3) is 0 Å². The molecule has 6 nitrogen and oxygen atoms in total. The summed E-state index contributed by atoms with van der Waals surface area (Å²) in [6, 6.07) is 14.4. The zero-order valence-electron chi connectivity index (χ0n) is 15.1. The minimum Gasteiger partial charge on any atom is -0.491 e. The number of nitrogens with zero attached hydrogens (tertiary/aromatic N) is 2. The minimum atomic E-state index is -0.178. The molecule has 3 rings (SSSR count). The number of anilines is 1. The summed E-state index contributed by atoms with van der Waals surface area (Å²) in [6.07, 6.45) is 0.237. The molecule has 0 atom stereocenters. The predicted molar refractivity (Wildman–Crippen MR) is 103 cm³/mol. The van der Waals surface area contributed by atoms with E-state index in [-0.39, 0.29) is 24.8 Å². The molecule has 0 spiro atoms. The van der Waals surface area contributed by atoms with Crippen LogP contribution >= 0.6 is 11.6 Å². The normalized spacial score (nSPS) is 13.4. The summed E-state index contributed by atoms with van der Waals surface area (Å²) in [5.74, 6) is 0.881. The molecule has 0 radical (unpaired) electrons. The molecule has 0 saturated carbocycles. The number of benzene rings is 2. The van der Waals surface area contributed by atoms with E-state index in [2.05, 4.69) is 0 Å². The van der Waals surface area contributed by atoms with Gasteiger partial charge in [-0.2, -0.15) is 0 Å². The Morgan fingerprint density at radius 1 is 1.22 bits per heavy atom. The Kier molecular flexibility index (Phi) is 6.19. The predicted octanol–water partition coefficient (Wildman–Crippen LogP) is 2.99. The maximum absolute atomic E-state index is 12.6. The lowest BCUT2D eigenvalue weighted by Crippen LogP contribution is -2.42. The highest BCUT2D eigenvalue weighted by Gasteiger charge is 2.26. The largest absolute Gasteiger partial charge is 0.491 e. The third kappa shape index (κ3) is 4.71. The number of para-hydroxylation sites is 3. The third-order valence-electron chi connectivity index (χ3n) is 4.27.